The van der Waals surface area contributed by atoms with E-state index in [1.54, 1.807) is 0 Å². The quantitative estimate of drug-likeness (QED) is 0.279. The molecule has 0 aliphatic heterocycles. The molecule has 0 heterocycles. The highest BCUT2D eigenvalue weighted by atomic mass is 32.1. The summed E-state index contributed by atoms with van der Waals surface area (Å²) in [6.07, 6.45) is -0.738. The molecule has 2 aromatic rings. The van der Waals surface area contributed by atoms with Gasteiger partial charge in [0.05, 0.1) is 12.6 Å². The van der Waals surface area contributed by atoms with Gasteiger partial charge in [-0.1, -0.05) is 48.5 Å². The number of rotatable bonds is 9. The van der Waals surface area contributed by atoms with E-state index >= 15 is 0 Å². The number of nitrogens with one attached hydrogen (secondary N) is 2. The summed E-state index contributed by atoms with van der Waals surface area (Å²) in [5.74, 6) is -1.03. The Morgan fingerprint density at radius 2 is 1.55 bits per heavy atom. The summed E-state index contributed by atoms with van der Waals surface area (Å²) in [5, 5.41) is 5.11. The molecule has 1 aliphatic rings. The van der Waals surface area contributed by atoms with Crippen molar-refractivity contribution in [3.63, 3.8) is 0 Å². The first-order valence-corrected chi connectivity index (χ1v) is 10.4. The fourth-order valence-electron chi connectivity index (χ4n) is 3.43. The maximum absolute atomic E-state index is 12.1. The summed E-state index contributed by atoms with van der Waals surface area (Å²) in [5.41, 5.74) is 4.46. The standard InChI is InChI=1S/C21H22N2O4S2/c24-19(20(25)18(11-28)23-12-29)9-22-21(26)27-10-17-15-7-3-1-5-13(15)14-6-2-4-8-16(14)17/h1-8,17-18,23,28-29H,9-12H2,(H,22,26)/t18-/m0/s1. The first-order chi connectivity index (χ1) is 14.1. The fraction of sp³-hybridized carbons (Fsp3) is 0.286. The average Bonchev–Trinajstić information content (AvgIpc) is 3.07. The number of amides is 1. The number of ketones is 2. The molecule has 8 heteroatoms. The fourth-order valence-corrected chi connectivity index (χ4v) is 3.95. The largest absolute Gasteiger partial charge is 0.449 e. The molecule has 29 heavy (non-hydrogen) atoms. The molecule has 0 unspecified atom stereocenters. The number of thiol groups is 2. The van der Waals surface area contributed by atoms with Crippen molar-refractivity contribution < 1.29 is 19.1 Å². The predicted octanol–water partition coefficient (Wildman–Crippen LogP) is 2.44. The third kappa shape index (κ3) is 4.83. The number of Topliss-reactive ketones (excluding diaryl/α,β-unsaturated/α-hetero) is 2. The second kappa shape index (κ2) is 9.96. The number of fused-ring (bicyclic) bond motifs is 3. The van der Waals surface area contributed by atoms with Crippen molar-refractivity contribution in [1.29, 1.82) is 0 Å². The Balaban J connectivity index is 1.56. The molecule has 0 radical (unpaired) electrons. The van der Waals surface area contributed by atoms with Gasteiger partial charge < -0.3 is 10.1 Å². The van der Waals surface area contributed by atoms with E-state index in [1.165, 1.54) is 0 Å². The van der Waals surface area contributed by atoms with Crippen LogP contribution in [0.1, 0.15) is 17.0 Å². The average molecular weight is 431 g/mol. The van der Waals surface area contributed by atoms with Crippen LogP contribution in [0.2, 0.25) is 0 Å². The van der Waals surface area contributed by atoms with E-state index in [-0.39, 0.29) is 24.2 Å². The van der Waals surface area contributed by atoms with Crippen LogP contribution in [0.15, 0.2) is 48.5 Å². The van der Waals surface area contributed by atoms with E-state index < -0.39 is 30.2 Å². The van der Waals surface area contributed by atoms with Gasteiger partial charge in [-0.3, -0.25) is 14.9 Å². The van der Waals surface area contributed by atoms with E-state index in [4.69, 9.17) is 4.74 Å². The van der Waals surface area contributed by atoms with Gasteiger partial charge in [0.25, 0.3) is 0 Å². The number of alkyl carbamates (subject to hydrolysis) is 1. The van der Waals surface area contributed by atoms with Gasteiger partial charge in [-0.2, -0.15) is 25.3 Å². The molecule has 2 aromatic carbocycles. The Morgan fingerprint density at radius 1 is 0.966 bits per heavy atom. The molecule has 0 saturated heterocycles. The molecule has 6 nitrogen and oxygen atoms in total. The second-order valence-corrected chi connectivity index (χ2v) is 7.25. The molecule has 2 N–H and O–H groups in total. The molecule has 1 atom stereocenters. The number of ether oxygens (including phenoxy) is 1. The smallest absolute Gasteiger partial charge is 0.407 e. The summed E-state index contributed by atoms with van der Waals surface area (Å²) >= 11 is 8.01. The van der Waals surface area contributed by atoms with Crippen molar-refractivity contribution in [2.24, 2.45) is 0 Å². The first kappa shape index (κ1) is 21.4. The van der Waals surface area contributed by atoms with Gasteiger partial charge in [0.2, 0.25) is 11.6 Å². The van der Waals surface area contributed by atoms with Crippen molar-refractivity contribution in [3.05, 3.63) is 59.7 Å². The van der Waals surface area contributed by atoms with Crippen LogP contribution in [-0.4, -0.2) is 48.5 Å². The molecule has 0 saturated carbocycles. The zero-order valence-electron chi connectivity index (χ0n) is 15.6. The summed E-state index contributed by atoms with van der Waals surface area (Å²) in [6.45, 7) is -0.281. The number of carbonyl (C=O) groups is 3. The number of hydrogen-bond donors (Lipinski definition) is 4. The van der Waals surface area contributed by atoms with Crippen molar-refractivity contribution in [3.8, 4) is 11.1 Å². The molecule has 0 bridgehead atoms. The van der Waals surface area contributed by atoms with Crippen LogP contribution in [0.25, 0.3) is 11.1 Å². The number of carbonyl (C=O) groups excluding carboxylic acids is 3. The highest BCUT2D eigenvalue weighted by Gasteiger charge is 2.29. The van der Waals surface area contributed by atoms with Gasteiger partial charge in [-0.25, -0.2) is 4.79 Å². The molecule has 0 fully saturated rings. The number of benzene rings is 2. The maximum atomic E-state index is 12.1. The molecule has 152 valence electrons. The highest BCUT2D eigenvalue weighted by molar-refractivity contribution is 7.80. The minimum Gasteiger partial charge on any atom is -0.449 e. The van der Waals surface area contributed by atoms with Crippen LogP contribution in [0.5, 0.6) is 0 Å². The van der Waals surface area contributed by atoms with Crippen molar-refractivity contribution in [2.75, 3.05) is 24.8 Å². The Morgan fingerprint density at radius 3 is 2.10 bits per heavy atom. The lowest BCUT2D eigenvalue weighted by Gasteiger charge is -2.15. The Kier molecular flexibility index (Phi) is 7.35. The van der Waals surface area contributed by atoms with Gasteiger partial charge in [0.15, 0.2) is 0 Å². The summed E-state index contributed by atoms with van der Waals surface area (Å²) in [7, 11) is 0. The van der Waals surface area contributed by atoms with Crippen molar-refractivity contribution in [1.82, 2.24) is 10.6 Å². The summed E-state index contributed by atoms with van der Waals surface area (Å²) in [6, 6.07) is 15.3. The summed E-state index contributed by atoms with van der Waals surface area (Å²) < 4.78 is 5.35. The predicted molar refractivity (Wildman–Crippen MR) is 118 cm³/mol. The van der Waals surface area contributed by atoms with Crippen LogP contribution in [0, 0.1) is 0 Å². The molecule has 1 amide bonds. The van der Waals surface area contributed by atoms with Gasteiger partial charge in [-0.05, 0) is 22.3 Å². The molecular formula is C21H22N2O4S2. The van der Waals surface area contributed by atoms with E-state index in [2.05, 4.69) is 48.0 Å². The second-order valence-electron chi connectivity index (χ2n) is 6.56. The summed E-state index contributed by atoms with van der Waals surface area (Å²) in [4.78, 5) is 36.1. The third-order valence-corrected chi connectivity index (χ3v) is 5.40. The van der Waals surface area contributed by atoms with E-state index in [0.29, 0.717) is 0 Å². The van der Waals surface area contributed by atoms with Gasteiger partial charge in [0.1, 0.15) is 6.61 Å². The highest BCUT2D eigenvalue weighted by Crippen LogP contribution is 2.44. The van der Waals surface area contributed by atoms with Crippen LogP contribution in [0.4, 0.5) is 4.79 Å². The van der Waals surface area contributed by atoms with Crippen LogP contribution in [0.3, 0.4) is 0 Å². The van der Waals surface area contributed by atoms with Gasteiger partial charge in [0, 0.05) is 17.5 Å². The monoisotopic (exact) mass is 430 g/mol. The first-order valence-electron chi connectivity index (χ1n) is 9.17. The lowest BCUT2D eigenvalue weighted by molar-refractivity contribution is -0.136. The Hall–Kier alpha value is -2.29. The Bertz CT molecular complexity index is 874. The molecular weight excluding hydrogens is 408 g/mol. The van der Waals surface area contributed by atoms with Crippen LogP contribution in [-0.2, 0) is 14.3 Å². The normalized spacial score (nSPS) is 13.3. The zero-order valence-corrected chi connectivity index (χ0v) is 17.4. The van der Waals surface area contributed by atoms with Crippen LogP contribution < -0.4 is 10.6 Å². The molecule has 0 aromatic heterocycles. The van der Waals surface area contributed by atoms with E-state index in [9.17, 15) is 14.4 Å². The lowest BCUT2D eigenvalue weighted by atomic mass is 9.98. The number of hydrogen-bond acceptors (Lipinski definition) is 7. The van der Waals surface area contributed by atoms with E-state index in [0.717, 1.165) is 22.3 Å². The van der Waals surface area contributed by atoms with Crippen LogP contribution >= 0.6 is 25.3 Å². The third-order valence-electron chi connectivity index (χ3n) is 4.85. The Labute approximate surface area is 180 Å². The minimum absolute atomic E-state index is 0.0707. The van der Waals surface area contributed by atoms with Crippen molar-refractivity contribution >= 4 is 42.9 Å². The van der Waals surface area contributed by atoms with Gasteiger partial charge in [-0.15, -0.1) is 0 Å². The topological polar surface area (TPSA) is 84.5 Å². The van der Waals surface area contributed by atoms with Gasteiger partial charge >= 0.3 is 6.09 Å². The van der Waals surface area contributed by atoms with E-state index in [1.807, 2.05) is 36.4 Å². The lowest BCUT2D eigenvalue weighted by Crippen LogP contribution is -2.45. The molecule has 0 spiro atoms. The minimum atomic E-state index is -0.738. The molecule has 3 rings (SSSR count). The maximum Gasteiger partial charge on any atom is 0.407 e. The van der Waals surface area contributed by atoms with Crippen molar-refractivity contribution in [2.45, 2.75) is 12.0 Å². The zero-order chi connectivity index (χ0) is 20.8. The molecule has 1 aliphatic carbocycles. The SMILES string of the molecule is O=C(NCC(=O)C(=O)[C@H](CS)NCS)OCC1c2ccccc2-c2ccccc21.